The maximum absolute atomic E-state index is 13.5. The van der Waals surface area contributed by atoms with E-state index in [1.54, 1.807) is 18.5 Å². The zero-order valence-electron chi connectivity index (χ0n) is 17.2. The molecule has 0 spiro atoms. The Bertz CT molecular complexity index is 1310. The molecule has 1 atom stereocenters. The number of fused-ring (bicyclic) bond motifs is 1. The van der Waals surface area contributed by atoms with Crippen molar-refractivity contribution in [1.82, 2.24) is 29.0 Å². The molecule has 31 heavy (non-hydrogen) atoms. The fourth-order valence-electron chi connectivity index (χ4n) is 4.25. The van der Waals surface area contributed by atoms with Crippen LogP contribution >= 0.6 is 0 Å². The molecule has 0 saturated carbocycles. The zero-order chi connectivity index (χ0) is 21.4. The lowest BCUT2D eigenvalue weighted by Gasteiger charge is -2.25. The molecule has 1 aliphatic rings. The van der Waals surface area contributed by atoms with E-state index in [0.717, 1.165) is 24.1 Å². The first-order valence-corrected chi connectivity index (χ1v) is 10.3. The van der Waals surface area contributed by atoms with E-state index in [9.17, 15) is 9.59 Å². The lowest BCUT2D eigenvalue weighted by atomic mass is 10.2. The fraction of sp³-hybridized carbons (Fsp3) is 0.261. The summed E-state index contributed by atoms with van der Waals surface area (Å²) in [7, 11) is 0. The molecular formula is C23H22N6O2. The standard InChI is InChI=1S/C23H22N6O2/c1-16-22(28-12-3-2-8-20(28)25-16)23(31)27-13-5-7-18(27)15-29-21(30)10-9-19(26-29)17-6-4-11-24-14-17/h2-4,6,8-12,14,18H,5,7,13,15H2,1H3. The van der Waals surface area contributed by atoms with Crippen molar-refractivity contribution in [1.29, 1.82) is 0 Å². The Kier molecular flexibility index (Phi) is 4.82. The summed E-state index contributed by atoms with van der Waals surface area (Å²) in [5.74, 6) is -0.0600. The van der Waals surface area contributed by atoms with E-state index in [0.29, 0.717) is 30.2 Å². The number of pyridine rings is 2. The summed E-state index contributed by atoms with van der Waals surface area (Å²) < 4.78 is 3.29. The highest BCUT2D eigenvalue weighted by Gasteiger charge is 2.32. The Morgan fingerprint density at radius 2 is 2.06 bits per heavy atom. The van der Waals surface area contributed by atoms with Gasteiger partial charge in [0.2, 0.25) is 0 Å². The smallest absolute Gasteiger partial charge is 0.273 e. The van der Waals surface area contributed by atoms with Crippen molar-refractivity contribution in [3.8, 4) is 11.3 Å². The van der Waals surface area contributed by atoms with Gasteiger partial charge in [-0.2, -0.15) is 5.10 Å². The minimum atomic E-state index is -0.182. The number of carbonyl (C=O) groups excluding carboxylic acids is 1. The highest BCUT2D eigenvalue weighted by molar-refractivity contribution is 5.95. The quantitative estimate of drug-likeness (QED) is 0.512. The largest absolute Gasteiger partial charge is 0.332 e. The van der Waals surface area contributed by atoms with Crippen LogP contribution in [0, 0.1) is 6.92 Å². The van der Waals surface area contributed by atoms with Crippen LogP contribution in [0.2, 0.25) is 0 Å². The molecule has 8 nitrogen and oxygen atoms in total. The fourth-order valence-corrected chi connectivity index (χ4v) is 4.25. The van der Waals surface area contributed by atoms with Gasteiger partial charge < -0.3 is 4.90 Å². The van der Waals surface area contributed by atoms with Crippen LogP contribution in [0.4, 0.5) is 0 Å². The zero-order valence-corrected chi connectivity index (χ0v) is 17.2. The molecular weight excluding hydrogens is 392 g/mol. The number of carbonyl (C=O) groups is 1. The van der Waals surface area contributed by atoms with Gasteiger partial charge in [0.25, 0.3) is 11.5 Å². The summed E-state index contributed by atoms with van der Waals surface area (Å²) in [4.78, 5) is 36.5. The molecule has 0 aromatic carbocycles. The van der Waals surface area contributed by atoms with Gasteiger partial charge in [0.15, 0.2) is 0 Å². The number of rotatable bonds is 4. The summed E-state index contributed by atoms with van der Waals surface area (Å²) in [5, 5.41) is 4.54. The van der Waals surface area contributed by atoms with Crippen LogP contribution in [-0.4, -0.2) is 47.5 Å². The van der Waals surface area contributed by atoms with E-state index < -0.39 is 0 Å². The highest BCUT2D eigenvalue weighted by atomic mass is 16.2. The van der Waals surface area contributed by atoms with Gasteiger partial charge in [-0.15, -0.1) is 0 Å². The van der Waals surface area contributed by atoms with Crippen molar-refractivity contribution in [3.63, 3.8) is 0 Å². The molecule has 0 bridgehead atoms. The van der Waals surface area contributed by atoms with Crippen LogP contribution in [0.1, 0.15) is 29.0 Å². The Labute approximate surface area is 178 Å². The second-order valence-corrected chi connectivity index (χ2v) is 7.75. The first-order chi connectivity index (χ1) is 15.1. The van der Waals surface area contributed by atoms with Gasteiger partial charge in [0.1, 0.15) is 11.3 Å². The van der Waals surface area contributed by atoms with Crippen LogP contribution in [0.3, 0.4) is 0 Å². The van der Waals surface area contributed by atoms with Crippen LogP contribution in [0.15, 0.2) is 65.8 Å². The molecule has 4 aromatic rings. The first kappa shape index (κ1) is 19.2. The molecule has 1 saturated heterocycles. The Hall–Kier alpha value is -3.81. The number of likely N-dealkylation sites (tertiary alicyclic amines) is 1. The summed E-state index contributed by atoms with van der Waals surface area (Å²) in [6.07, 6.45) is 6.99. The summed E-state index contributed by atoms with van der Waals surface area (Å²) in [5.41, 5.74) is 3.37. The van der Waals surface area contributed by atoms with Crippen molar-refractivity contribution in [3.05, 3.63) is 82.8 Å². The lowest BCUT2D eigenvalue weighted by Crippen LogP contribution is -2.41. The minimum Gasteiger partial charge on any atom is -0.332 e. The molecule has 1 amide bonds. The Balaban J connectivity index is 1.44. The number of aromatic nitrogens is 5. The molecule has 4 aromatic heterocycles. The Morgan fingerprint density at radius 1 is 1.16 bits per heavy atom. The highest BCUT2D eigenvalue weighted by Crippen LogP contribution is 2.23. The van der Waals surface area contributed by atoms with Gasteiger partial charge in [-0.1, -0.05) is 6.07 Å². The van der Waals surface area contributed by atoms with E-state index in [4.69, 9.17) is 0 Å². The molecule has 1 fully saturated rings. The van der Waals surface area contributed by atoms with Gasteiger partial charge in [-0.3, -0.25) is 19.0 Å². The summed E-state index contributed by atoms with van der Waals surface area (Å²) >= 11 is 0. The monoisotopic (exact) mass is 414 g/mol. The molecule has 0 radical (unpaired) electrons. The third-order valence-corrected chi connectivity index (χ3v) is 5.75. The molecule has 8 heteroatoms. The SMILES string of the molecule is Cc1nc2ccccn2c1C(=O)N1CCCC1Cn1nc(-c2cccnc2)ccc1=O. The van der Waals surface area contributed by atoms with E-state index in [2.05, 4.69) is 15.1 Å². The van der Waals surface area contributed by atoms with Crippen LogP contribution in [0.25, 0.3) is 16.9 Å². The van der Waals surface area contributed by atoms with E-state index in [1.165, 1.54) is 10.7 Å². The predicted molar refractivity (Wildman–Crippen MR) is 116 cm³/mol. The number of amides is 1. The first-order valence-electron chi connectivity index (χ1n) is 10.3. The third kappa shape index (κ3) is 3.50. The average molecular weight is 414 g/mol. The number of hydrogen-bond acceptors (Lipinski definition) is 5. The van der Waals surface area contributed by atoms with Crippen LogP contribution < -0.4 is 5.56 Å². The van der Waals surface area contributed by atoms with E-state index >= 15 is 0 Å². The molecule has 5 heterocycles. The number of nitrogens with zero attached hydrogens (tertiary/aromatic N) is 6. The third-order valence-electron chi connectivity index (χ3n) is 5.75. The maximum Gasteiger partial charge on any atom is 0.273 e. The number of hydrogen-bond donors (Lipinski definition) is 0. The van der Waals surface area contributed by atoms with Gasteiger partial charge in [0, 0.05) is 36.8 Å². The number of imidazole rings is 1. The average Bonchev–Trinajstić information content (AvgIpc) is 3.39. The molecule has 0 N–H and O–H groups in total. The van der Waals surface area contributed by atoms with Gasteiger partial charge >= 0.3 is 0 Å². The lowest BCUT2D eigenvalue weighted by molar-refractivity contribution is 0.0712. The summed E-state index contributed by atoms with van der Waals surface area (Å²) in [6.45, 7) is 2.86. The van der Waals surface area contributed by atoms with Crippen LogP contribution in [-0.2, 0) is 6.54 Å². The summed E-state index contributed by atoms with van der Waals surface area (Å²) in [6, 6.07) is 12.5. The molecule has 1 unspecified atom stereocenters. The maximum atomic E-state index is 13.5. The van der Waals surface area contributed by atoms with Gasteiger partial charge in [-0.05, 0) is 50.1 Å². The van der Waals surface area contributed by atoms with Gasteiger partial charge in [0.05, 0.1) is 24.0 Å². The second kappa shape index (κ2) is 7.79. The second-order valence-electron chi connectivity index (χ2n) is 7.75. The van der Waals surface area contributed by atoms with Gasteiger partial charge in [-0.25, -0.2) is 9.67 Å². The van der Waals surface area contributed by atoms with Crippen molar-refractivity contribution < 1.29 is 4.79 Å². The molecule has 1 aliphatic heterocycles. The predicted octanol–water partition coefficient (Wildman–Crippen LogP) is 2.57. The van der Waals surface area contributed by atoms with Crippen LogP contribution in [0.5, 0.6) is 0 Å². The van der Waals surface area contributed by atoms with Crippen molar-refractivity contribution in [2.45, 2.75) is 32.4 Å². The van der Waals surface area contributed by atoms with Crippen molar-refractivity contribution >= 4 is 11.6 Å². The minimum absolute atomic E-state index is 0.0600. The molecule has 0 aliphatic carbocycles. The van der Waals surface area contributed by atoms with E-state index in [1.807, 2.05) is 52.8 Å². The Morgan fingerprint density at radius 3 is 2.90 bits per heavy atom. The molecule has 156 valence electrons. The van der Waals surface area contributed by atoms with E-state index in [-0.39, 0.29) is 17.5 Å². The van der Waals surface area contributed by atoms with Crippen molar-refractivity contribution in [2.75, 3.05) is 6.54 Å². The van der Waals surface area contributed by atoms with Crippen molar-refractivity contribution in [2.24, 2.45) is 0 Å². The molecule has 5 rings (SSSR count). The normalized spacial score (nSPS) is 16.2. The topological polar surface area (TPSA) is 85.4 Å². The number of aryl methyl sites for hydroxylation is 1.